The lowest BCUT2D eigenvalue weighted by Crippen LogP contribution is -2.30. The molecule has 3 nitrogen and oxygen atoms in total. The fraction of sp³-hybridized carbons (Fsp3) is 0.562. The number of hydrogen-bond acceptors (Lipinski definition) is 2. The first-order valence-electron chi connectivity index (χ1n) is 7.52. The van der Waals surface area contributed by atoms with Crippen molar-refractivity contribution < 1.29 is 0 Å². The van der Waals surface area contributed by atoms with Crippen LogP contribution >= 0.6 is 23.2 Å². The van der Waals surface area contributed by atoms with Gasteiger partial charge in [-0.3, -0.25) is 0 Å². The van der Waals surface area contributed by atoms with Gasteiger partial charge >= 0.3 is 0 Å². The van der Waals surface area contributed by atoms with Crippen molar-refractivity contribution in [2.45, 2.75) is 39.1 Å². The number of likely N-dealkylation sites (N-methyl/N-ethyl adjacent to an activating group) is 1. The van der Waals surface area contributed by atoms with E-state index in [1.165, 1.54) is 0 Å². The smallest absolute Gasteiger partial charge is 0.128 e. The molecule has 0 aliphatic rings. The lowest BCUT2D eigenvalue weighted by Gasteiger charge is -2.26. The fourth-order valence-electron chi connectivity index (χ4n) is 2.79. The van der Waals surface area contributed by atoms with Gasteiger partial charge in [0, 0.05) is 12.6 Å². The number of hydrogen-bond donors (Lipinski definition) is 0. The quantitative estimate of drug-likeness (QED) is 0.704. The highest BCUT2D eigenvalue weighted by Crippen LogP contribution is 2.32. The van der Waals surface area contributed by atoms with Gasteiger partial charge in [0.15, 0.2) is 0 Å². The van der Waals surface area contributed by atoms with Crippen LogP contribution in [0, 0.1) is 0 Å². The standard InChI is InChI=1S/C16H23Cl2N3/c1-5-20(6-2)10-11(3)21-15-13(18)8-7-9-14(15)19-16(21)12(4)17/h7-9,11-12H,5-6,10H2,1-4H3. The number of alkyl halides is 1. The van der Waals surface area contributed by atoms with E-state index in [0.29, 0.717) is 0 Å². The molecular formula is C16H23Cl2N3. The van der Waals surface area contributed by atoms with Gasteiger partial charge in [-0.25, -0.2) is 4.98 Å². The number of rotatable bonds is 6. The van der Waals surface area contributed by atoms with E-state index in [-0.39, 0.29) is 11.4 Å². The van der Waals surface area contributed by atoms with Crippen molar-refractivity contribution >= 4 is 34.2 Å². The molecule has 116 valence electrons. The Morgan fingerprint density at radius 3 is 2.48 bits per heavy atom. The average molecular weight is 328 g/mol. The van der Waals surface area contributed by atoms with Gasteiger partial charge in [0.2, 0.25) is 0 Å². The van der Waals surface area contributed by atoms with Gasteiger partial charge in [-0.05, 0) is 39.1 Å². The molecule has 0 radical (unpaired) electrons. The topological polar surface area (TPSA) is 21.1 Å². The Kier molecular flexibility index (Phi) is 5.53. The van der Waals surface area contributed by atoms with Crippen LogP contribution in [0.3, 0.4) is 0 Å². The number of para-hydroxylation sites is 1. The van der Waals surface area contributed by atoms with Crippen LogP contribution < -0.4 is 0 Å². The number of halogens is 2. The first-order chi connectivity index (χ1) is 9.99. The van der Waals surface area contributed by atoms with Crippen LogP contribution in [-0.2, 0) is 0 Å². The predicted molar refractivity (Wildman–Crippen MR) is 91.5 cm³/mol. The lowest BCUT2D eigenvalue weighted by atomic mass is 10.2. The molecule has 0 saturated carbocycles. The Hall–Kier alpha value is -0.770. The number of aromatic nitrogens is 2. The number of imidazole rings is 1. The molecule has 0 fully saturated rings. The van der Waals surface area contributed by atoms with Crippen molar-refractivity contribution in [3.8, 4) is 0 Å². The molecule has 2 rings (SSSR count). The Morgan fingerprint density at radius 1 is 1.24 bits per heavy atom. The SMILES string of the molecule is CCN(CC)CC(C)n1c(C(C)Cl)nc2cccc(Cl)c21. The minimum Gasteiger partial charge on any atom is -0.321 e. The molecule has 2 unspecified atom stereocenters. The highest BCUT2D eigenvalue weighted by atomic mass is 35.5. The third kappa shape index (κ3) is 3.36. The van der Waals surface area contributed by atoms with E-state index in [4.69, 9.17) is 23.2 Å². The zero-order valence-electron chi connectivity index (χ0n) is 13.1. The van der Waals surface area contributed by atoms with E-state index in [1.54, 1.807) is 0 Å². The second-order valence-corrected chi connectivity index (χ2v) is 6.46. The van der Waals surface area contributed by atoms with Crippen LogP contribution in [0.5, 0.6) is 0 Å². The second kappa shape index (κ2) is 6.99. The molecule has 1 aromatic heterocycles. The van der Waals surface area contributed by atoms with Crippen LogP contribution in [0.2, 0.25) is 5.02 Å². The van der Waals surface area contributed by atoms with E-state index < -0.39 is 0 Å². The lowest BCUT2D eigenvalue weighted by molar-refractivity contribution is 0.261. The molecule has 21 heavy (non-hydrogen) atoms. The van der Waals surface area contributed by atoms with Crippen molar-refractivity contribution in [2.75, 3.05) is 19.6 Å². The van der Waals surface area contributed by atoms with E-state index in [0.717, 1.165) is 41.5 Å². The van der Waals surface area contributed by atoms with Crippen molar-refractivity contribution in [3.05, 3.63) is 29.0 Å². The van der Waals surface area contributed by atoms with Gasteiger partial charge < -0.3 is 9.47 Å². The Balaban J connectivity index is 2.51. The zero-order valence-corrected chi connectivity index (χ0v) is 14.6. The van der Waals surface area contributed by atoms with Crippen LogP contribution in [0.25, 0.3) is 11.0 Å². The van der Waals surface area contributed by atoms with E-state index in [9.17, 15) is 0 Å². The number of fused-ring (bicyclic) bond motifs is 1. The van der Waals surface area contributed by atoms with E-state index in [2.05, 4.69) is 35.2 Å². The summed E-state index contributed by atoms with van der Waals surface area (Å²) in [6.07, 6.45) is 0. The van der Waals surface area contributed by atoms with Crippen molar-refractivity contribution in [1.82, 2.24) is 14.5 Å². The summed E-state index contributed by atoms with van der Waals surface area (Å²) in [4.78, 5) is 7.08. The van der Waals surface area contributed by atoms with Crippen molar-refractivity contribution in [3.63, 3.8) is 0 Å². The maximum Gasteiger partial charge on any atom is 0.128 e. The van der Waals surface area contributed by atoms with Gasteiger partial charge in [0.05, 0.1) is 21.4 Å². The maximum atomic E-state index is 6.41. The monoisotopic (exact) mass is 327 g/mol. The molecule has 0 saturated heterocycles. The molecular weight excluding hydrogens is 305 g/mol. The van der Waals surface area contributed by atoms with E-state index in [1.807, 2.05) is 25.1 Å². The molecule has 0 aliphatic heterocycles. The molecule has 2 atom stereocenters. The summed E-state index contributed by atoms with van der Waals surface area (Å²) in [5.41, 5.74) is 1.90. The van der Waals surface area contributed by atoms with Gasteiger partial charge in [0.25, 0.3) is 0 Å². The van der Waals surface area contributed by atoms with Crippen LogP contribution in [0.15, 0.2) is 18.2 Å². The number of nitrogens with zero attached hydrogens (tertiary/aromatic N) is 3. The van der Waals surface area contributed by atoms with Crippen LogP contribution in [0.1, 0.15) is 44.9 Å². The molecule has 2 aromatic rings. The summed E-state index contributed by atoms with van der Waals surface area (Å²) in [5.74, 6) is 0.888. The predicted octanol–water partition coefficient (Wildman–Crippen LogP) is 4.89. The Bertz CT molecular complexity index is 603. The molecule has 0 amide bonds. The average Bonchev–Trinajstić information content (AvgIpc) is 2.85. The molecule has 0 bridgehead atoms. The normalized spacial score (nSPS) is 14.8. The molecule has 5 heteroatoms. The van der Waals surface area contributed by atoms with Gasteiger partial charge in [0.1, 0.15) is 5.82 Å². The molecule has 1 heterocycles. The van der Waals surface area contributed by atoms with Crippen LogP contribution in [0.4, 0.5) is 0 Å². The van der Waals surface area contributed by atoms with Crippen molar-refractivity contribution in [1.29, 1.82) is 0 Å². The Labute approximate surface area is 136 Å². The van der Waals surface area contributed by atoms with E-state index >= 15 is 0 Å². The second-order valence-electron chi connectivity index (χ2n) is 5.40. The molecule has 0 aliphatic carbocycles. The van der Waals surface area contributed by atoms with Gasteiger partial charge in [-0.15, -0.1) is 11.6 Å². The zero-order chi connectivity index (χ0) is 15.6. The minimum atomic E-state index is -0.146. The summed E-state index contributed by atoms with van der Waals surface area (Å²) in [7, 11) is 0. The highest BCUT2D eigenvalue weighted by Gasteiger charge is 2.21. The van der Waals surface area contributed by atoms with Gasteiger partial charge in [-0.2, -0.15) is 0 Å². The third-order valence-corrected chi connectivity index (χ3v) is 4.40. The first-order valence-corrected chi connectivity index (χ1v) is 8.33. The highest BCUT2D eigenvalue weighted by molar-refractivity contribution is 6.35. The first kappa shape index (κ1) is 16.6. The summed E-state index contributed by atoms with van der Waals surface area (Å²) in [6.45, 7) is 11.5. The van der Waals surface area contributed by atoms with Gasteiger partial charge in [-0.1, -0.05) is 31.5 Å². The van der Waals surface area contributed by atoms with Crippen LogP contribution in [-0.4, -0.2) is 34.1 Å². The molecule has 0 N–H and O–H groups in total. The summed E-state index contributed by atoms with van der Waals surface area (Å²) in [5, 5.41) is 0.586. The summed E-state index contributed by atoms with van der Waals surface area (Å²) in [6, 6.07) is 6.10. The largest absolute Gasteiger partial charge is 0.321 e. The number of benzene rings is 1. The third-order valence-electron chi connectivity index (χ3n) is 3.90. The summed E-state index contributed by atoms with van der Waals surface area (Å²) < 4.78 is 2.20. The minimum absolute atomic E-state index is 0.146. The maximum absolute atomic E-state index is 6.41. The Morgan fingerprint density at radius 2 is 1.90 bits per heavy atom. The fourth-order valence-corrected chi connectivity index (χ4v) is 3.20. The van der Waals surface area contributed by atoms with Crippen molar-refractivity contribution in [2.24, 2.45) is 0 Å². The molecule has 0 spiro atoms. The molecule has 1 aromatic carbocycles. The summed E-state index contributed by atoms with van der Waals surface area (Å²) >= 11 is 12.8.